The molecule has 0 saturated carbocycles. The number of carbonyl (C=O) groups excluding carboxylic acids is 1. The minimum atomic E-state index is -0.0674. The molecule has 0 radical (unpaired) electrons. The Labute approximate surface area is 125 Å². The maximum atomic E-state index is 11.9. The van der Waals surface area contributed by atoms with Crippen LogP contribution in [0.15, 0.2) is 41.0 Å². The van der Waals surface area contributed by atoms with Crippen molar-refractivity contribution in [3.63, 3.8) is 0 Å². The summed E-state index contributed by atoms with van der Waals surface area (Å²) in [6.07, 6.45) is 2.64. The van der Waals surface area contributed by atoms with Crippen molar-refractivity contribution in [2.45, 2.75) is 6.42 Å². The quantitative estimate of drug-likeness (QED) is 0.908. The molecule has 0 aliphatic carbocycles. The van der Waals surface area contributed by atoms with Gasteiger partial charge in [0.25, 0.3) is 5.91 Å². The number of hydrogen-bond acceptors (Lipinski definition) is 1. The molecule has 0 unspecified atom stereocenters. The van der Waals surface area contributed by atoms with E-state index in [4.69, 9.17) is 11.6 Å². The lowest BCUT2D eigenvalue weighted by molar-refractivity contribution is 0.0946. The first-order valence-electron chi connectivity index (χ1n) is 5.91. The topological polar surface area (TPSA) is 34.0 Å². The molecule has 1 aromatic heterocycles. The lowest BCUT2D eigenvalue weighted by Crippen LogP contribution is -2.27. The Hall–Kier alpha value is -1.26. The average Bonchev–Trinajstić information content (AvgIpc) is 2.71. The number of nitrogens with zero attached hydrogens (tertiary/aromatic N) is 1. The molecular formula is C14H14BrClN2O. The Morgan fingerprint density at radius 3 is 2.63 bits per heavy atom. The van der Waals surface area contributed by atoms with Gasteiger partial charge < -0.3 is 9.88 Å². The number of carbonyl (C=O) groups is 1. The van der Waals surface area contributed by atoms with Crippen molar-refractivity contribution < 1.29 is 4.79 Å². The molecule has 0 aliphatic rings. The highest BCUT2D eigenvalue weighted by Gasteiger charge is 2.10. The molecule has 0 bridgehead atoms. The van der Waals surface area contributed by atoms with E-state index in [2.05, 4.69) is 21.2 Å². The summed E-state index contributed by atoms with van der Waals surface area (Å²) < 4.78 is 2.69. The van der Waals surface area contributed by atoms with Gasteiger partial charge in [0.05, 0.1) is 0 Å². The zero-order valence-corrected chi connectivity index (χ0v) is 12.8. The Morgan fingerprint density at radius 1 is 1.37 bits per heavy atom. The van der Waals surface area contributed by atoms with Gasteiger partial charge in [0.15, 0.2) is 0 Å². The molecule has 0 atom stereocenters. The first-order valence-corrected chi connectivity index (χ1v) is 7.08. The maximum absolute atomic E-state index is 11.9. The van der Waals surface area contributed by atoms with Crippen LogP contribution in [-0.2, 0) is 13.5 Å². The van der Waals surface area contributed by atoms with Crippen molar-refractivity contribution >= 4 is 33.4 Å². The third-order valence-corrected chi connectivity index (χ3v) is 3.50. The number of rotatable bonds is 4. The Morgan fingerprint density at radius 2 is 2.05 bits per heavy atom. The van der Waals surface area contributed by atoms with E-state index in [1.165, 1.54) is 0 Å². The van der Waals surface area contributed by atoms with Crippen LogP contribution in [0.2, 0.25) is 5.02 Å². The molecule has 1 aromatic carbocycles. The summed E-state index contributed by atoms with van der Waals surface area (Å²) in [6.45, 7) is 0.600. The summed E-state index contributed by atoms with van der Waals surface area (Å²) >= 11 is 9.17. The lowest BCUT2D eigenvalue weighted by Gasteiger charge is -2.06. The van der Waals surface area contributed by atoms with E-state index in [0.717, 1.165) is 21.5 Å². The zero-order valence-electron chi connectivity index (χ0n) is 10.5. The van der Waals surface area contributed by atoms with Crippen LogP contribution in [0.3, 0.4) is 0 Å². The van der Waals surface area contributed by atoms with Crippen LogP contribution >= 0.6 is 27.5 Å². The molecular weight excluding hydrogens is 328 g/mol. The van der Waals surface area contributed by atoms with Crippen molar-refractivity contribution in [1.29, 1.82) is 0 Å². The number of aryl methyl sites for hydroxylation is 1. The van der Waals surface area contributed by atoms with E-state index in [0.29, 0.717) is 12.2 Å². The minimum Gasteiger partial charge on any atom is -0.350 e. The van der Waals surface area contributed by atoms with Gasteiger partial charge in [-0.3, -0.25) is 4.79 Å². The molecule has 5 heteroatoms. The van der Waals surface area contributed by atoms with Gasteiger partial charge in [-0.05, 0) is 46.1 Å². The maximum Gasteiger partial charge on any atom is 0.267 e. The Balaban J connectivity index is 1.87. The second kappa shape index (κ2) is 6.26. The average molecular weight is 342 g/mol. The van der Waals surface area contributed by atoms with Crippen molar-refractivity contribution in [3.05, 3.63) is 57.3 Å². The molecule has 0 aliphatic heterocycles. The summed E-state index contributed by atoms with van der Waals surface area (Å²) in [5.41, 5.74) is 1.79. The van der Waals surface area contributed by atoms with Crippen LogP contribution in [0.5, 0.6) is 0 Å². The van der Waals surface area contributed by atoms with Gasteiger partial charge in [0, 0.05) is 29.3 Å². The molecule has 3 nitrogen and oxygen atoms in total. The van der Waals surface area contributed by atoms with Gasteiger partial charge in [-0.15, -0.1) is 0 Å². The van der Waals surface area contributed by atoms with E-state index >= 15 is 0 Å². The molecule has 2 aromatic rings. The number of hydrogen-bond donors (Lipinski definition) is 1. The van der Waals surface area contributed by atoms with Crippen LogP contribution < -0.4 is 5.32 Å². The second-order valence-electron chi connectivity index (χ2n) is 4.29. The van der Waals surface area contributed by atoms with Gasteiger partial charge in [0.2, 0.25) is 0 Å². The molecule has 0 spiro atoms. The van der Waals surface area contributed by atoms with E-state index < -0.39 is 0 Å². The highest BCUT2D eigenvalue weighted by atomic mass is 79.9. The summed E-state index contributed by atoms with van der Waals surface area (Å²) in [5, 5.41) is 3.63. The van der Waals surface area contributed by atoms with E-state index in [-0.39, 0.29) is 5.91 Å². The van der Waals surface area contributed by atoms with Crippen LogP contribution in [0.4, 0.5) is 0 Å². The largest absolute Gasteiger partial charge is 0.350 e. The van der Waals surface area contributed by atoms with E-state index in [1.807, 2.05) is 37.5 Å². The molecule has 100 valence electrons. The van der Waals surface area contributed by atoms with E-state index in [1.54, 1.807) is 10.6 Å². The Bertz CT molecular complexity index is 578. The van der Waals surface area contributed by atoms with Gasteiger partial charge >= 0.3 is 0 Å². The fourth-order valence-electron chi connectivity index (χ4n) is 1.81. The number of halogens is 2. The molecule has 1 N–H and O–H groups in total. The highest BCUT2D eigenvalue weighted by molar-refractivity contribution is 9.10. The van der Waals surface area contributed by atoms with Crippen LogP contribution in [0.25, 0.3) is 0 Å². The molecule has 1 amide bonds. The SMILES string of the molecule is Cn1cc(Br)cc1C(=O)NCCc1ccc(Cl)cc1. The third-order valence-electron chi connectivity index (χ3n) is 2.82. The molecule has 1 heterocycles. The normalized spacial score (nSPS) is 10.5. The Kier molecular flexibility index (Phi) is 4.66. The summed E-state index contributed by atoms with van der Waals surface area (Å²) in [6, 6.07) is 9.44. The van der Waals surface area contributed by atoms with Gasteiger partial charge in [-0.25, -0.2) is 0 Å². The van der Waals surface area contributed by atoms with Gasteiger partial charge in [-0.2, -0.15) is 0 Å². The zero-order chi connectivity index (χ0) is 13.8. The van der Waals surface area contributed by atoms with Gasteiger partial charge in [0.1, 0.15) is 5.69 Å². The van der Waals surface area contributed by atoms with Crippen LogP contribution in [0.1, 0.15) is 16.1 Å². The second-order valence-corrected chi connectivity index (χ2v) is 5.64. The summed E-state index contributed by atoms with van der Waals surface area (Å²) in [4.78, 5) is 11.9. The lowest BCUT2D eigenvalue weighted by atomic mass is 10.1. The fraction of sp³-hybridized carbons (Fsp3) is 0.214. The van der Waals surface area contributed by atoms with Crippen LogP contribution in [-0.4, -0.2) is 17.0 Å². The van der Waals surface area contributed by atoms with E-state index in [9.17, 15) is 4.79 Å². The monoisotopic (exact) mass is 340 g/mol. The number of benzene rings is 1. The smallest absolute Gasteiger partial charge is 0.267 e. The summed E-state index contributed by atoms with van der Waals surface area (Å²) in [7, 11) is 1.85. The van der Waals surface area contributed by atoms with Crippen molar-refractivity contribution in [2.75, 3.05) is 6.54 Å². The first kappa shape index (κ1) is 14.2. The molecule has 2 rings (SSSR count). The minimum absolute atomic E-state index is 0.0674. The highest BCUT2D eigenvalue weighted by Crippen LogP contribution is 2.13. The predicted octanol–water partition coefficient (Wildman–Crippen LogP) is 3.41. The van der Waals surface area contributed by atoms with Crippen LogP contribution in [0, 0.1) is 0 Å². The van der Waals surface area contributed by atoms with Crippen molar-refractivity contribution in [3.8, 4) is 0 Å². The predicted molar refractivity (Wildman–Crippen MR) is 80.6 cm³/mol. The number of nitrogens with one attached hydrogen (secondary N) is 1. The first-order chi connectivity index (χ1) is 9.06. The number of amides is 1. The van der Waals surface area contributed by atoms with Crippen molar-refractivity contribution in [1.82, 2.24) is 9.88 Å². The standard InChI is InChI=1S/C14H14BrClN2O/c1-18-9-11(15)8-13(18)14(19)17-7-6-10-2-4-12(16)5-3-10/h2-5,8-9H,6-7H2,1H3,(H,17,19). The third kappa shape index (κ3) is 3.85. The summed E-state index contributed by atoms with van der Waals surface area (Å²) in [5.74, 6) is -0.0674. The fourth-order valence-corrected chi connectivity index (χ4v) is 2.46. The van der Waals surface area contributed by atoms with Gasteiger partial charge in [-0.1, -0.05) is 23.7 Å². The molecule has 0 fully saturated rings. The number of aromatic nitrogens is 1. The van der Waals surface area contributed by atoms with Crippen molar-refractivity contribution in [2.24, 2.45) is 7.05 Å². The molecule has 19 heavy (non-hydrogen) atoms. The molecule has 0 saturated heterocycles.